The number of aromatic nitrogens is 4. The van der Waals surface area contributed by atoms with Crippen LogP contribution in [0, 0.1) is 0 Å². The molecule has 0 aromatic carbocycles. The molecule has 0 aliphatic carbocycles. The third-order valence-corrected chi connectivity index (χ3v) is 5.68. The van der Waals surface area contributed by atoms with Gasteiger partial charge in [-0.1, -0.05) is 23.2 Å². The van der Waals surface area contributed by atoms with Crippen molar-refractivity contribution in [3.8, 4) is 0 Å². The summed E-state index contributed by atoms with van der Waals surface area (Å²) >= 11 is 12.6. The van der Waals surface area contributed by atoms with Gasteiger partial charge < -0.3 is 21.7 Å². The molecular formula is C18H15Cl2F3N8O2S. The topological polar surface area (TPSA) is 148 Å². The van der Waals surface area contributed by atoms with Gasteiger partial charge in [-0.15, -0.1) is 11.3 Å². The molecule has 0 aliphatic rings. The maximum atomic E-state index is 13.0. The van der Waals surface area contributed by atoms with Gasteiger partial charge in [-0.3, -0.25) is 9.59 Å². The van der Waals surface area contributed by atoms with Crippen LogP contribution in [0.15, 0.2) is 24.8 Å². The predicted molar refractivity (Wildman–Crippen MR) is 120 cm³/mol. The molecule has 3 aromatic rings. The van der Waals surface area contributed by atoms with Crippen LogP contribution in [0.1, 0.15) is 30.7 Å². The van der Waals surface area contributed by atoms with Crippen LogP contribution in [0.4, 0.5) is 24.8 Å². The molecule has 10 nitrogen and oxygen atoms in total. The minimum absolute atomic E-state index is 0.0151. The molecule has 0 saturated carbocycles. The van der Waals surface area contributed by atoms with E-state index in [-0.39, 0.29) is 33.8 Å². The standard InChI is InChI=1S/C18H15Cl2F3N8O2S/c19-9-4-26-11(3-8(9)18(21,22)23)31-16(32)10-5-27-12(34-10)6-28-17(33)14-13(20)15(25-2-1-24)30-7-29-14/h3-5,7H,1-2,6,24H2,(H,28,33)(H,25,29,30)(H,26,31,32). The molecule has 2 amide bonds. The van der Waals surface area contributed by atoms with Gasteiger partial charge in [0.05, 0.1) is 23.3 Å². The lowest BCUT2D eigenvalue weighted by molar-refractivity contribution is -0.137. The minimum atomic E-state index is -4.71. The van der Waals surface area contributed by atoms with Crippen LogP contribution < -0.4 is 21.7 Å². The molecule has 3 heterocycles. The number of nitrogens with two attached hydrogens (primary N) is 1. The van der Waals surface area contributed by atoms with Crippen molar-refractivity contribution in [3.05, 3.63) is 56.0 Å². The van der Waals surface area contributed by atoms with Gasteiger partial charge in [0.25, 0.3) is 11.8 Å². The molecule has 3 aromatic heterocycles. The number of anilines is 2. The van der Waals surface area contributed by atoms with Crippen molar-refractivity contribution in [2.24, 2.45) is 5.73 Å². The molecule has 34 heavy (non-hydrogen) atoms. The Morgan fingerprint density at radius 2 is 1.85 bits per heavy atom. The Labute approximate surface area is 204 Å². The summed E-state index contributed by atoms with van der Waals surface area (Å²) in [6.07, 6.45) is -1.53. The van der Waals surface area contributed by atoms with Crippen LogP contribution in [-0.4, -0.2) is 44.8 Å². The molecule has 0 saturated heterocycles. The van der Waals surface area contributed by atoms with Gasteiger partial charge in [-0.05, 0) is 6.07 Å². The fourth-order valence-corrected chi connectivity index (χ4v) is 3.69. The highest BCUT2D eigenvalue weighted by atomic mass is 35.5. The number of alkyl halides is 3. The summed E-state index contributed by atoms with van der Waals surface area (Å²) in [6, 6.07) is 0.629. The van der Waals surface area contributed by atoms with Crippen LogP contribution in [0.25, 0.3) is 0 Å². The van der Waals surface area contributed by atoms with Crippen LogP contribution in [0.3, 0.4) is 0 Å². The van der Waals surface area contributed by atoms with Gasteiger partial charge >= 0.3 is 6.18 Å². The molecule has 0 unspecified atom stereocenters. The van der Waals surface area contributed by atoms with E-state index < -0.39 is 28.6 Å². The van der Waals surface area contributed by atoms with E-state index in [2.05, 4.69) is 35.9 Å². The number of amides is 2. The maximum Gasteiger partial charge on any atom is 0.418 e. The molecule has 3 rings (SSSR count). The highest BCUT2D eigenvalue weighted by Gasteiger charge is 2.34. The number of pyridine rings is 1. The smallest absolute Gasteiger partial charge is 0.367 e. The van der Waals surface area contributed by atoms with Crippen molar-refractivity contribution in [1.29, 1.82) is 0 Å². The van der Waals surface area contributed by atoms with Crippen molar-refractivity contribution in [1.82, 2.24) is 25.3 Å². The first kappa shape index (κ1) is 25.6. The summed E-state index contributed by atoms with van der Waals surface area (Å²) in [5.41, 5.74) is 4.22. The van der Waals surface area contributed by atoms with Gasteiger partial charge in [0.15, 0.2) is 5.69 Å². The highest BCUT2D eigenvalue weighted by Crippen LogP contribution is 2.35. The predicted octanol–water partition coefficient (Wildman–Crippen LogP) is 3.21. The third-order valence-electron chi connectivity index (χ3n) is 4.02. The molecule has 5 N–H and O–H groups in total. The van der Waals surface area contributed by atoms with Gasteiger partial charge in [-0.25, -0.2) is 19.9 Å². The van der Waals surface area contributed by atoms with Gasteiger partial charge in [0, 0.05) is 19.3 Å². The average molecular weight is 535 g/mol. The number of nitrogens with one attached hydrogen (secondary N) is 3. The third kappa shape index (κ3) is 6.28. The lowest BCUT2D eigenvalue weighted by Crippen LogP contribution is -2.25. The van der Waals surface area contributed by atoms with E-state index >= 15 is 0 Å². The molecule has 0 radical (unpaired) electrons. The van der Waals surface area contributed by atoms with E-state index in [0.717, 1.165) is 17.5 Å². The van der Waals surface area contributed by atoms with Crippen LogP contribution in [0.5, 0.6) is 0 Å². The second-order valence-electron chi connectivity index (χ2n) is 6.40. The summed E-state index contributed by atoms with van der Waals surface area (Å²) in [5.74, 6) is -1.41. The number of thiazole rings is 1. The Balaban J connectivity index is 1.63. The number of carbonyl (C=O) groups excluding carboxylic acids is 2. The van der Waals surface area contributed by atoms with E-state index in [4.69, 9.17) is 28.9 Å². The Kier molecular flexibility index (Phi) is 8.19. The highest BCUT2D eigenvalue weighted by molar-refractivity contribution is 7.13. The molecule has 0 fully saturated rings. The van der Waals surface area contributed by atoms with Gasteiger partial charge in [0.2, 0.25) is 0 Å². The fourth-order valence-electron chi connectivity index (χ4n) is 2.48. The van der Waals surface area contributed by atoms with Gasteiger partial charge in [-0.2, -0.15) is 13.2 Å². The van der Waals surface area contributed by atoms with Crippen molar-refractivity contribution < 1.29 is 22.8 Å². The minimum Gasteiger partial charge on any atom is -0.367 e. The number of nitrogens with zero attached hydrogens (tertiary/aromatic N) is 4. The summed E-state index contributed by atoms with van der Waals surface area (Å²) in [5, 5.41) is 7.47. The number of carbonyl (C=O) groups is 2. The van der Waals surface area contributed by atoms with Gasteiger partial charge in [0.1, 0.15) is 32.9 Å². The number of halogens is 5. The van der Waals surface area contributed by atoms with E-state index in [0.29, 0.717) is 24.2 Å². The quantitative estimate of drug-likeness (QED) is 0.344. The largest absolute Gasteiger partial charge is 0.418 e. The SMILES string of the molecule is NCCNc1ncnc(C(=O)NCc2ncc(C(=O)Nc3cc(C(F)(F)F)c(Cl)cn3)s2)c1Cl. The lowest BCUT2D eigenvalue weighted by Gasteiger charge is -2.10. The average Bonchev–Trinajstić information content (AvgIpc) is 3.26. The number of hydrogen-bond donors (Lipinski definition) is 4. The van der Waals surface area contributed by atoms with Crippen LogP contribution in [-0.2, 0) is 12.7 Å². The lowest BCUT2D eigenvalue weighted by atomic mass is 10.2. The van der Waals surface area contributed by atoms with Crippen molar-refractivity contribution in [2.75, 3.05) is 23.7 Å². The fraction of sp³-hybridized carbons (Fsp3) is 0.222. The monoisotopic (exact) mass is 534 g/mol. The molecular weight excluding hydrogens is 520 g/mol. The zero-order chi connectivity index (χ0) is 24.9. The second kappa shape index (κ2) is 10.9. The van der Waals surface area contributed by atoms with E-state index in [1.165, 1.54) is 12.5 Å². The number of hydrogen-bond acceptors (Lipinski definition) is 9. The zero-order valence-corrected chi connectivity index (χ0v) is 19.2. The Morgan fingerprint density at radius 1 is 1.09 bits per heavy atom. The Morgan fingerprint density at radius 3 is 2.56 bits per heavy atom. The Hall–Kier alpha value is -3.07. The first-order valence-electron chi connectivity index (χ1n) is 9.31. The first-order valence-corrected chi connectivity index (χ1v) is 10.9. The van der Waals surface area contributed by atoms with Crippen LogP contribution in [0.2, 0.25) is 10.0 Å². The molecule has 16 heteroatoms. The molecule has 0 bridgehead atoms. The summed E-state index contributed by atoms with van der Waals surface area (Å²) in [7, 11) is 0. The van der Waals surface area contributed by atoms with Crippen molar-refractivity contribution in [2.45, 2.75) is 12.7 Å². The summed E-state index contributed by atoms with van der Waals surface area (Å²) in [6.45, 7) is 0.671. The molecule has 0 aliphatic heterocycles. The van der Waals surface area contributed by atoms with E-state index in [1.807, 2.05) is 0 Å². The molecule has 0 spiro atoms. The summed E-state index contributed by atoms with van der Waals surface area (Å²) in [4.78, 5) is 40.4. The molecule has 0 atom stereocenters. The van der Waals surface area contributed by atoms with Crippen molar-refractivity contribution >= 4 is 58.0 Å². The first-order chi connectivity index (χ1) is 16.1. The zero-order valence-electron chi connectivity index (χ0n) is 16.9. The normalized spacial score (nSPS) is 11.2. The second-order valence-corrected chi connectivity index (χ2v) is 8.30. The van der Waals surface area contributed by atoms with Crippen molar-refractivity contribution in [3.63, 3.8) is 0 Å². The van der Waals surface area contributed by atoms with E-state index in [1.54, 1.807) is 0 Å². The molecule has 180 valence electrons. The van der Waals surface area contributed by atoms with Crippen LogP contribution >= 0.6 is 34.5 Å². The van der Waals surface area contributed by atoms with E-state index in [9.17, 15) is 22.8 Å². The Bertz CT molecular complexity index is 1210. The maximum absolute atomic E-state index is 13.0. The number of rotatable bonds is 8. The summed E-state index contributed by atoms with van der Waals surface area (Å²) < 4.78 is 38.9.